The molecule has 28 heteroatoms. The third kappa shape index (κ3) is 16.3. The number of carboxylic acid groups (broad SMARTS) is 1. The minimum Gasteiger partial charge on any atom is -0.481 e. The summed E-state index contributed by atoms with van der Waals surface area (Å²) in [6.07, 6.45) is 7.44. The molecule has 5 atom stereocenters. The summed E-state index contributed by atoms with van der Waals surface area (Å²) in [6.45, 7) is 5.38. The summed E-state index contributed by atoms with van der Waals surface area (Å²) in [5, 5.41) is 23.8. The monoisotopic (exact) mass is 1360 g/mol. The number of likely N-dealkylation sites (N-methyl/N-ethyl adjacent to an activating group) is 2. The van der Waals surface area contributed by atoms with Gasteiger partial charge in [0.05, 0.1) is 82.7 Å². The van der Waals surface area contributed by atoms with Crippen molar-refractivity contribution in [2.45, 2.75) is 185 Å². The van der Waals surface area contributed by atoms with Gasteiger partial charge in [-0.25, -0.2) is 19.6 Å². The number of nitrogens with one attached hydrogen (secondary N) is 5. The molecule has 3 unspecified atom stereocenters. The highest BCUT2D eigenvalue weighted by atomic mass is 16.6. The summed E-state index contributed by atoms with van der Waals surface area (Å²) in [5.41, 5.74) is 13.3. The van der Waals surface area contributed by atoms with Crippen molar-refractivity contribution in [3.8, 4) is 22.8 Å². The molecule has 0 saturated heterocycles. The number of ether oxygens (including phenoxy) is 4. The van der Waals surface area contributed by atoms with Gasteiger partial charge in [-0.15, -0.1) is 0 Å². The van der Waals surface area contributed by atoms with E-state index in [0.717, 1.165) is 52.2 Å². The zero-order valence-corrected chi connectivity index (χ0v) is 56.4. The number of carboxylic acids is 1. The Balaban J connectivity index is 0.000000205. The van der Waals surface area contributed by atoms with Crippen LogP contribution in [-0.4, -0.2) is 141 Å². The Morgan fingerprint density at radius 2 is 1.09 bits per heavy atom. The molecule has 2 fully saturated rings. The molecule has 28 nitrogen and oxygen atoms in total. The summed E-state index contributed by atoms with van der Waals surface area (Å²) < 4.78 is 25.1. The zero-order chi connectivity index (χ0) is 71.5. The molecule has 3 amide bonds. The minimum atomic E-state index is -1.93. The molecule has 2 aromatic carbocycles. The number of aliphatic carboxylic acids is 1. The minimum absolute atomic E-state index is 0.0197. The number of fused-ring (bicyclic) bond motifs is 10. The van der Waals surface area contributed by atoms with Crippen molar-refractivity contribution < 1.29 is 72.0 Å². The molecule has 10 N–H and O–H groups in total. The Hall–Kier alpha value is -9.90. The van der Waals surface area contributed by atoms with Gasteiger partial charge in [-0.2, -0.15) is 0 Å². The molecule has 99 heavy (non-hydrogen) atoms. The topological polar surface area (TPSA) is 410 Å². The highest BCUT2D eigenvalue weighted by Gasteiger charge is 2.52. The number of nitrogens with zero attached hydrogens (tertiary/aromatic N) is 4. The standard InChI is InChI=1S/C38H44N6O9.C22H19N3O5.C7H13NO3.C4H9N/c1-4-38(26-17-30-34-23(16-22-8-5-6-11-28(22)42-34)19-44(30)36(50)25(26)20-52-37(38)51)53-33(48)18-40-31(46)14-13-29(39-3)35(49)43-27(21(2)45)12-15-32(47)41-24-9-7-10-24;1-2-22(30-18(26)9-23)15-8-17-19-13(7-12-5-3-4-6-16(12)24-19)10-25(17)20(27)14(15)11-29-21(22)28;1-5(9)6(8-2)3-4-7(10)11;5-4-2-1-3-4/h5-6,8,11,16-17,24,27,29,39H,4,7,9-10,12-15,18-20H2,1-3H3,(H,40,46)(H,41,47)(H,43,49);3-8H,2,9-11,23H2,1H3;6,8H,3-4H2,1-2H3,(H,10,11);4H,1-3,5H2/t27?,29?,38-;22-;;/m00../s1. The van der Waals surface area contributed by atoms with Crippen LogP contribution in [0.2, 0.25) is 0 Å². The molecule has 0 radical (unpaired) electrons. The van der Waals surface area contributed by atoms with Gasteiger partial charge in [0.25, 0.3) is 11.1 Å². The molecule has 526 valence electrons. The lowest BCUT2D eigenvalue weighted by atomic mass is 9.85. The largest absolute Gasteiger partial charge is 0.481 e. The fourth-order valence-electron chi connectivity index (χ4n) is 12.6. The normalized spacial score (nSPS) is 18.3. The maximum atomic E-state index is 13.8. The molecule has 2 aliphatic carbocycles. The number of carbonyl (C=O) groups is 10. The summed E-state index contributed by atoms with van der Waals surface area (Å²) in [7, 11) is 3.19. The first-order valence-corrected chi connectivity index (χ1v) is 33.4. The molecule has 12 rings (SSSR count). The van der Waals surface area contributed by atoms with Gasteiger partial charge < -0.3 is 71.2 Å². The molecule has 4 aromatic heterocycles. The number of carbonyl (C=O) groups excluding carboxylic acids is 9. The first-order chi connectivity index (χ1) is 47.4. The van der Waals surface area contributed by atoms with Crippen LogP contribution in [-0.2, 0) is 104 Å². The Morgan fingerprint density at radius 3 is 1.52 bits per heavy atom. The number of hydrogen-bond donors (Lipinski definition) is 8. The molecule has 0 bridgehead atoms. The Kier molecular flexibility index (Phi) is 23.8. The molecular weight excluding hydrogens is 1280 g/mol. The molecule has 6 aliphatic rings. The molecule has 0 spiro atoms. The lowest BCUT2D eigenvalue weighted by molar-refractivity contribution is -0.189. The Morgan fingerprint density at radius 1 is 0.636 bits per heavy atom. The quantitative estimate of drug-likeness (QED) is 0.0334. The first kappa shape index (κ1) is 73.3. The third-order valence-corrected chi connectivity index (χ3v) is 18.8. The summed E-state index contributed by atoms with van der Waals surface area (Å²) in [5.74, 6) is -5.61. The highest BCUT2D eigenvalue weighted by Crippen LogP contribution is 2.43. The fraction of sp³-hybridized carbons (Fsp3) is 0.465. The van der Waals surface area contributed by atoms with Crippen LogP contribution in [0.1, 0.15) is 151 Å². The van der Waals surface area contributed by atoms with E-state index < -0.39 is 71.5 Å². The summed E-state index contributed by atoms with van der Waals surface area (Å²) in [6, 6.07) is 21.4. The average molecular weight is 1360 g/mol. The van der Waals surface area contributed by atoms with E-state index >= 15 is 0 Å². The van der Waals surface area contributed by atoms with E-state index in [4.69, 9.17) is 45.5 Å². The molecular formula is C71H85N11O17. The van der Waals surface area contributed by atoms with Crippen molar-refractivity contribution in [3.05, 3.63) is 127 Å². The van der Waals surface area contributed by atoms with Gasteiger partial charge in [0.2, 0.25) is 28.9 Å². The van der Waals surface area contributed by atoms with E-state index in [1.807, 2.05) is 60.7 Å². The maximum absolute atomic E-state index is 13.8. The van der Waals surface area contributed by atoms with Crippen LogP contribution < -0.4 is 49.2 Å². The molecule has 2 saturated carbocycles. The number of nitrogens with two attached hydrogens (primary N) is 2. The number of Topliss-reactive ketones (excluding diaryl/α,β-unsaturated/α-hetero) is 2. The van der Waals surface area contributed by atoms with E-state index in [1.165, 1.54) is 40.2 Å². The van der Waals surface area contributed by atoms with Crippen LogP contribution in [0.3, 0.4) is 0 Å². The summed E-state index contributed by atoms with van der Waals surface area (Å²) >= 11 is 0. The Bertz CT molecular complexity index is 4270. The smallest absolute Gasteiger partial charge is 0.355 e. The number of rotatable bonds is 23. The number of aromatic nitrogens is 4. The van der Waals surface area contributed by atoms with Crippen LogP contribution in [0.5, 0.6) is 0 Å². The van der Waals surface area contributed by atoms with Gasteiger partial charge in [-0.05, 0) is 129 Å². The number of ketones is 2. The second-order valence-corrected chi connectivity index (χ2v) is 25.3. The van der Waals surface area contributed by atoms with E-state index in [0.29, 0.717) is 59.5 Å². The molecule has 8 heterocycles. The van der Waals surface area contributed by atoms with Crippen LogP contribution in [0.4, 0.5) is 0 Å². The van der Waals surface area contributed by atoms with Crippen LogP contribution in [0, 0.1) is 0 Å². The summed E-state index contributed by atoms with van der Waals surface area (Å²) in [4.78, 5) is 159. The highest BCUT2D eigenvalue weighted by molar-refractivity contribution is 5.93. The predicted molar refractivity (Wildman–Crippen MR) is 361 cm³/mol. The van der Waals surface area contributed by atoms with Crippen molar-refractivity contribution in [1.82, 2.24) is 45.7 Å². The number of hydrogen-bond acceptors (Lipinski definition) is 22. The van der Waals surface area contributed by atoms with Crippen molar-refractivity contribution >= 4 is 80.9 Å². The number of esters is 4. The van der Waals surface area contributed by atoms with Crippen LogP contribution >= 0.6 is 0 Å². The van der Waals surface area contributed by atoms with Crippen molar-refractivity contribution in [2.24, 2.45) is 11.5 Å². The van der Waals surface area contributed by atoms with E-state index in [-0.39, 0.29) is 117 Å². The van der Waals surface area contributed by atoms with Crippen molar-refractivity contribution in [2.75, 3.05) is 27.2 Å². The number of benzene rings is 2. The lowest BCUT2D eigenvalue weighted by Crippen LogP contribution is -2.50. The van der Waals surface area contributed by atoms with Gasteiger partial charge in [0.15, 0.2) is 5.78 Å². The zero-order valence-electron chi connectivity index (χ0n) is 56.4. The number of pyridine rings is 4. The number of para-hydroxylation sites is 2. The van der Waals surface area contributed by atoms with Gasteiger partial charge in [0, 0.05) is 64.4 Å². The average Bonchev–Trinajstić information content (AvgIpc) is 1.69. The fourth-order valence-corrected chi connectivity index (χ4v) is 12.6. The van der Waals surface area contributed by atoms with Crippen LogP contribution in [0.15, 0.2) is 82.4 Å². The first-order valence-electron chi connectivity index (χ1n) is 33.4. The third-order valence-electron chi connectivity index (χ3n) is 18.8. The second-order valence-electron chi connectivity index (χ2n) is 25.3. The van der Waals surface area contributed by atoms with Gasteiger partial charge in [-0.1, -0.05) is 56.7 Å². The molecule has 4 aliphatic heterocycles. The van der Waals surface area contributed by atoms with Crippen molar-refractivity contribution in [3.63, 3.8) is 0 Å². The number of cyclic esters (lactones) is 2. The SMILES string of the molecule is CC[C@@]1(OC(=O)CN)C(=O)OCc2c1cc1n(c2=O)Cc2cc3ccccc3nc2-1.CC[C@@]1(OC(=O)CNC(=O)CCC(NC)C(=O)NC(CCC(=O)NC2CCC2)C(C)=O)C(=O)OCc2c1cc1n(c2=O)Cc2cc3ccccc3nc2-1.CNC(CCC(=O)O)C(C)=O.NC1CCC1. The maximum Gasteiger partial charge on any atom is 0.355 e. The second kappa shape index (κ2) is 32.2. The molecule has 6 aromatic rings. The van der Waals surface area contributed by atoms with E-state index in [9.17, 15) is 57.5 Å². The van der Waals surface area contributed by atoms with E-state index in [1.54, 1.807) is 42.2 Å². The number of amides is 3. The Labute approximate surface area is 570 Å². The predicted octanol–water partition coefficient (Wildman–Crippen LogP) is 3.75. The van der Waals surface area contributed by atoms with Gasteiger partial charge >= 0.3 is 29.8 Å². The van der Waals surface area contributed by atoms with Crippen LogP contribution in [0.25, 0.3) is 44.6 Å². The van der Waals surface area contributed by atoms with Gasteiger partial charge in [0.1, 0.15) is 25.5 Å². The van der Waals surface area contributed by atoms with Crippen molar-refractivity contribution in [1.29, 1.82) is 0 Å². The van der Waals surface area contributed by atoms with Gasteiger partial charge in [-0.3, -0.25) is 47.9 Å². The van der Waals surface area contributed by atoms with E-state index in [2.05, 4.69) is 26.6 Å². The lowest BCUT2D eigenvalue weighted by Gasteiger charge is -2.35.